The molecule has 0 spiro atoms. The number of carbonyl (C=O) groups is 2. The summed E-state index contributed by atoms with van der Waals surface area (Å²) in [5.41, 5.74) is 12.8. The molecule has 24 heavy (non-hydrogen) atoms. The fraction of sp³-hybridized carbons (Fsp3) is 0.267. The van der Waals surface area contributed by atoms with E-state index in [2.05, 4.69) is 10.3 Å². The third kappa shape index (κ3) is 6.12. The number of benzene rings is 1. The molecule has 0 aliphatic rings. The molecule has 1 aromatic heterocycles. The topological polar surface area (TPSA) is 111 Å². The Morgan fingerprint density at radius 2 is 2.00 bits per heavy atom. The summed E-state index contributed by atoms with van der Waals surface area (Å²) in [6, 6.07) is 8.94. The molecule has 0 saturated carbocycles. The lowest BCUT2D eigenvalue weighted by Gasteiger charge is -2.10. The van der Waals surface area contributed by atoms with Crippen LogP contribution in [0.5, 0.6) is 0 Å². The number of thioether (sulfide) groups is 1. The van der Waals surface area contributed by atoms with Crippen molar-refractivity contribution in [2.45, 2.75) is 23.6 Å². The molecule has 1 heterocycles. The van der Waals surface area contributed by atoms with E-state index in [0.29, 0.717) is 11.6 Å². The molecule has 0 radical (unpaired) electrons. The van der Waals surface area contributed by atoms with Gasteiger partial charge in [0.25, 0.3) is 0 Å². The van der Waals surface area contributed by atoms with Crippen LogP contribution in [0.2, 0.25) is 0 Å². The molecule has 0 fully saturated rings. The number of thiazole rings is 1. The number of hydrogen-bond donors (Lipinski definition) is 3. The van der Waals surface area contributed by atoms with Crippen molar-refractivity contribution in [3.63, 3.8) is 0 Å². The van der Waals surface area contributed by atoms with Crippen LogP contribution in [0.4, 0.5) is 5.13 Å². The molecule has 2 aromatic rings. The molecule has 1 unspecified atom stereocenters. The highest BCUT2D eigenvalue weighted by Crippen LogP contribution is 2.31. The molecular weight excluding hydrogens is 368 g/mol. The molecule has 9 heteroatoms. The van der Waals surface area contributed by atoms with Gasteiger partial charge in [-0.1, -0.05) is 41.7 Å². The minimum atomic E-state index is -0.650. The first-order chi connectivity index (χ1) is 11.0. The van der Waals surface area contributed by atoms with Gasteiger partial charge in [0.05, 0.1) is 21.7 Å². The number of anilines is 1. The molecule has 0 saturated heterocycles. The van der Waals surface area contributed by atoms with Gasteiger partial charge in [0.2, 0.25) is 11.8 Å². The summed E-state index contributed by atoms with van der Waals surface area (Å²) in [5, 5.41) is 3.20. The highest BCUT2D eigenvalue weighted by atomic mass is 35.5. The van der Waals surface area contributed by atoms with E-state index < -0.39 is 11.9 Å². The van der Waals surface area contributed by atoms with Gasteiger partial charge in [0.15, 0.2) is 5.13 Å². The van der Waals surface area contributed by atoms with Crippen LogP contribution in [0.1, 0.15) is 11.3 Å². The zero-order valence-corrected chi connectivity index (χ0v) is 15.5. The van der Waals surface area contributed by atoms with Crippen LogP contribution >= 0.6 is 35.5 Å². The SMILES string of the molecule is Cc1nc(NC(=O)C(N)Cc2ccccc2)sc1SCC(N)=O.Cl. The Bertz CT molecular complexity index is 694. The first-order valence-electron chi connectivity index (χ1n) is 6.94. The molecule has 130 valence electrons. The summed E-state index contributed by atoms with van der Waals surface area (Å²) < 4.78 is 0.857. The van der Waals surface area contributed by atoms with Crippen molar-refractivity contribution in [1.82, 2.24) is 4.98 Å². The summed E-state index contributed by atoms with van der Waals surface area (Å²) in [6.07, 6.45) is 0.459. The number of primary amides is 1. The third-order valence-electron chi connectivity index (χ3n) is 2.96. The van der Waals surface area contributed by atoms with Gasteiger partial charge in [-0.2, -0.15) is 0 Å². The van der Waals surface area contributed by atoms with E-state index >= 15 is 0 Å². The molecule has 2 amide bonds. The number of nitrogens with two attached hydrogens (primary N) is 2. The van der Waals surface area contributed by atoms with E-state index in [1.165, 1.54) is 23.1 Å². The Morgan fingerprint density at radius 3 is 2.62 bits per heavy atom. The minimum Gasteiger partial charge on any atom is -0.369 e. The van der Waals surface area contributed by atoms with Crippen LogP contribution in [0.3, 0.4) is 0 Å². The van der Waals surface area contributed by atoms with Gasteiger partial charge >= 0.3 is 0 Å². The van der Waals surface area contributed by atoms with E-state index in [1.807, 2.05) is 37.3 Å². The molecule has 2 rings (SSSR count). The van der Waals surface area contributed by atoms with Crippen LogP contribution < -0.4 is 16.8 Å². The number of aromatic nitrogens is 1. The van der Waals surface area contributed by atoms with E-state index in [-0.39, 0.29) is 24.1 Å². The maximum absolute atomic E-state index is 12.2. The van der Waals surface area contributed by atoms with Crippen molar-refractivity contribution in [3.05, 3.63) is 41.6 Å². The van der Waals surface area contributed by atoms with Crippen molar-refractivity contribution in [1.29, 1.82) is 0 Å². The Kier molecular flexibility index (Phi) is 8.20. The van der Waals surface area contributed by atoms with Gasteiger partial charge in [0.1, 0.15) is 0 Å². The Balaban J connectivity index is 0.00000288. The molecule has 1 atom stereocenters. The first kappa shape index (κ1) is 20.4. The number of nitrogens with zero attached hydrogens (tertiary/aromatic N) is 1. The van der Waals surface area contributed by atoms with E-state index in [1.54, 1.807) is 0 Å². The molecule has 5 N–H and O–H groups in total. The maximum atomic E-state index is 12.2. The lowest BCUT2D eigenvalue weighted by atomic mass is 10.1. The lowest BCUT2D eigenvalue weighted by Crippen LogP contribution is -2.37. The Labute approximate surface area is 154 Å². The van der Waals surface area contributed by atoms with Crippen LogP contribution in [0.15, 0.2) is 34.5 Å². The summed E-state index contributed by atoms with van der Waals surface area (Å²) >= 11 is 2.62. The fourth-order valence-electron chi connectivity index (χ4n) is 1.87. The van der Waals surface area contributed by atoms with E-state index in [9.17, 15) is 9.59 Å². The molecular formula is C15H19ClN4O2S2. The molecule has 0 aliphatic heterocycles. The molecule has 0 aliphatic carbocycles. The average molecular weight is 387 g/mol. The lowest BCUT2D eigenvalue weighted by molar-refractivity contribution is -0.117. The summed E-state index contributed by atoms with van der Waals surface area (Å²) in [4.78, 5) is 27.3. The number of halogens is 1. The van der Waals surface area contributed by atoms with Crippen LogP contribution in [-0.4, -0.2) is 28.6 Å². The monoisotopic (exact) mass is 386 g/mol. The molecule has 6 nitrogen and oxygen atoms in total. The number of carbonyl (C=O) groups excluding carboxylic acids is 2. The first-order valence-corrected chi connectivity index (χ1v) is 8.75. The van der Waals surface area contributed by atoms with Gasteiger partial charge in [-0.15, -0.1) is 24.2 Å². The summed E-state index contributed by atoms with van der Waals surface area (Å²) in [6.45, 7) is 1.82. The zero-order chi connectivity index (χ0) is 16.8. The van der Waals surface area contributed by atoms with Crippen LogP contribution in [-0.2, 0) is 16.0 Å². The normalized spacial score (nSPS) is 11.4. The Morgan fingerprint density at radius 1 is 1.33 bits per heavy atom. The summed E-state index contributed by atoms with van der Waals surface area (Å²) in [7, 11) is 0. The maximum Gasteiger partial charge on any atom is 0.243 e. The second kappa shape index (κ2) is 9.63. The van der Waals surface area contributed by atoms with Gasteiger partial charge in [-0.05, 0) is 18.9 Å². The van der Waals surface area contributed by atoms with Crippen LogP contribution in [0, 0.1) is 6.92 Å². The summed E-state index contributed by atoms with van der Waals surface area (Å²) in [5.74, 6) is -0.489. The molecule has 1 aromatic carbocycles. The number of rotatable bonds is 7. The Hall–Kier alpha value is -1.61. The smallest absolute Gasteiger partial charge is 0.243 e. The zero-order valence-electron chi connectivity index (χ0n) is 13.0. The van der Waals surface area contributed by atoms with E-state index in [0.717, 1.165) is 15.5 Å². The minimum absolute atomic E-state index is 0. The van der Waals surface area contributed by atoms with Gasteiger partial charge in [-0.3, -0.25) is 9.59 Å². The number of hydrogen-bond acceptors (Lipinski definition) is 6. The predicted molar refractivity (Wildman–Crippen MR) is 101 cm³/mol. The van der Waals surface area contributed by atoms with Crippen molar-refractivity contribution >= 4 is 52.5 Å². The van der Waals surface area contributed by atoms with Crippen LogP contribution in [0.25, 0.3) is 0 Å². The molecule has 0 bridgehead atoms. The number of aryl methyl sites for hydroxylation is 1. The predicted octanol–water partition coefficient (Wildman–Crippen LogP) is 1.96. The van der Waals surface area contributed by atoms with Gasteiger partial charge in [-0.25, -0.2) is 4.98 Å². The van der Waals surface area contributed by atoms with Crippen molar-refractivity contribution in [2.24, 2.45) is 11.5 Å². The quantitative estimate of drug-likeness (QED) is 0.630. The van der Waals surface area contributed by atoms with Crippen molar-refractivity contribution in [2.75, 3.05) is 11.1 Å². The average Bonchev–Trinajstić information content (AvgIpc) is 2.85. The second-order valence-corrected chi connectivity index (χ2v) is 7.18. The second-order valence-electron chi connectivity index (χ2n) is 4.93. The van der Waals surface area contributed by atoms with E-state index in [4.69, 9.17) is 11.5 Å². The standard InChI is InChI=1S/C15H18N4O2S2.ClH/c1-9-14(22-8-12(17)20)23-15(18-9)19-13(21)11(16)7-10-5-3-2-4-6-10;/h2-6,11H,7-8,16H2,1H3,(H2,17,20)(H,18,19,21);1H. The number of nitrogens with one attached hydrogen (secondary N) is 1. The van der Waals surface area contributed by atoms with Crippen molar-refractivity contribution in [3.8, 4) is 0 Å². The van der Waals surface area contributed by atoms with Crippen molar-refractivity contribution < 1.29 is 9.59 Å². The highest BCUT2D eigenvalue weighted by Gasteiger charge is 2.17. The third-order valence-corrected chi connectivity index (χ3v) is 5.42. The highest BCUT2D eigenvalue weighted by molar-refractivity contribution is 8.01. The fourth-order valence-corrected chi connectivity index (χ4v) is 3.75. The van der Waals surface area contributed by atoms with Gasteiger partial charge in [0, 0.05) is 0 Å². The van der Waals surface area contributed by atoms with Gasteiger partial charge < -0.3 is 16.8 Å². The largest absolute Gasteiger partial charge is 0.369 e. The number of amides is 2.